The van der Waals surface area contributed by atoms with Gasteiger partial charge in [-0.1, -0.05) is 102 Å². The van der Waals surface area contributed by atoms with Crippen LogP contribution in [-0.2, 0) is 23.9 Å². The number of unbranched alkanes of at least 4 members (excludes halogenated alkanes) is 13. The number of carboxylic acid groups (broad SMARTS) is 1. The van der Waals surface area contributed by atoms with E-state index in [-0.39, 0.29) is 30.9 Å². The first-order chi connectivity index (χ1) is 22.3. The number of carboxylic acids is 1. The van der Waals surface area contributed by atoms with Gasteiger partial charge in [0.05, 0.1) is 13.2 Å². The lowest BCUT2D eigenvalue weighted by molar-refractivity contribution is -0.147. The Bertz CT molecular complexity index is 885. The molecule has 0 aromatic heterocycles. The topological polar surface area (TPSA) is 142 Å². The van der Waals surface area contributed by atoms with E-state index in [2.05, 4.69) is 54.9 Å². The third-order valence-electron chi connectivity index (χ3n) is 7.57. The van der Waals surface area contributed by atoms with Crippen molar-refractivity contribution in [1.29, 1.82) is 0 Å². The maximum Gasteiger partial charge on any atom is 0.328 e. The molecule has 4 N–H and O–H groups in total. The van der Waals surface area contributed by atoms with Gasteiger partial charge in [0.1, 0.15) is 12.1 Å². The molecule has 46 heavy (non-hydrogen) atoms. The van der Waals surface area contributed by atoms with Gasteiger partial charge < -0.3 is 25.6 Å². The summed E-state index contributed by atoms with van der Waals surface area (Å²) in [5.41, 5.74) is 0. The Morgan fingerprint density at radius 3 is 1.96 bits per heavy atom. The third kappa shape index (κ3) is 28.5. The molecule has 0 saturated heterocycles. The molecule has 264 valence electrons. The molecule has 2 amide bonds. The maximum atomic E-state index is 12.6. The van der Waals surface area contributed by atoms with E-state index in [4.69, 9.17) is 14.9 Å². The summed E-state index contributed by atoms with van der Waals surface area (Å²) in [7, 11) is 0. The van der Waals surface area contributed by atoms with E-state index in [9.17, 15) is 19.2 Å². The van der Waals surface area contributed by atoms with E-state index in [1.165, 1.54) is 44.9 Å². The standard InChI is InChI=1S/C37H64N2O7/c1-3-5-7-9-11-13-15-17-19-25-29-36(43)46-32(26-22-18-16-14-12-10-8-6-4-2)27-23-20-21-24-28-34(41)38-30-35(42)39-33(31-40)37(44)45/h7,9,14,16,22,26,32-33,40H,3-6,8,10-13,15,17-21,23-25,27-31H2,1-2H3,(H,38,41)(H,39,42)(H,44,45)/b9-7-,16-14-,26-22-. The van der Waals surface area contributed by atoms with Crippen molar-refractivity contribution in [2.24, 2.45) is 0 Å². The second-order valence-electron chi connectivity index (χ2n) is 11.9. The Kier molecular flexibility index (Phi) is 30.0. The average molecular weight is 649 g/mol. The minimum atomic E-state index is -1.39. The average Bonchev–Trinajstić information content (AvgIpc) is 3.03. The molecule has 9 heteroatoms. The van der Waals surface area contributed by atoms with Gasteiger partial charge in [0.25, 0.3) is 0 Å². The zero-order valence-electron chi connectivity index (χ0n) is 28.8. The largest absolute Gasteiger partial charge is 0.480 e. The summed E-state index contributed by atoms with van der Waals surface area (Å²) in [6.45, 7) is 3.34. The number of allylic oxidation sites excluding steroid dienone is 5. The fourth-order valence-corrected chi connectivity index (χ4v) is 4.78. The molecule has 0 aromatic carbocycles. The van der Waals surface area contributed by atoms with E-state index in [1.54, 1.807) is 0 Å². The molecule has 0 spiro atoms. The highest BCUT2D eigenvalue weighted by atomic mass is 16.5. The van der Waals surface area contributed by atoms with Crippen molar-refractivity contribution in [2.75, 3.05) is 13.2 Å². The number of ether oxygens (including phenoxy) is 1. The molecule has 9 nitrogen and oxygen atoms in total. The van der Waals surface area contributed by atoms with E-state index in [0.717, 1.165) is 70.6 Å². The van der Waals surface area contributed by atoms with Gasteiger partial charge in [0.15, 0.2) is 0 Å². The van der Waals surface area contributed by atoms with Crippen LogP contribution in [0.1, 0.15) is 149 Å². The molecular formula is C37H64N2O7. The van der Waals surface area contributed by atoms with Gasteiger partial charge in [0.2, 0.25) is 11.8 Å². The number of aliphatic hydroxyl groups excluding tert-OH is 1. The SMILES string of the molecule is CCC/C=C\CCCCCCCC(=O)OC(/C=C\C/C=C\CCCCCC)CCCCCCC(=O)NCC(=O)NC(CO)C(=O)O. The van der Waals surface area contributed by atoms with Gasteiger partial charge in [-0.3, -0.25) is 14.4 Å². The fraction of sp³-hybridized carbons (Fsp3) is 0.730. The lowest BCUT2D eigenvalue weighted by Crippen LogP contribution is -2.47. The first-order valence-corrected chi connectivity index (χ1v) is 17.9. The third-order valence-corrected chi connectivity index (χ3v) is 7.57. The number of esters is 1. The number of aliphatic carboxylic acids is 1. The zero-order chi connectivity index (χ0) is 34.1. The maximum absolute atomic E-state index is 12.6. The minimum Gasteiger partial charge on any atom is -0.480 e. The summed E-state index contributed by atoms with van der Waals surface area (Å²) in [6.07, 6.45) is 33.3. The van der Waals surface area contributed by atoms with Gasteiger partial charge in [-0.05, 0) is 70.3 Å². The van der Waals surface area contributed by atoms with Crippen LogP contribution in [0.5, 0.6) is 0 Å². The molecule has 0 aromatic rings. The van der Waals surface area contributed by atoms with Crippen LogP contribution in [0.25, 0.3) is 0 Å². The first-order valence-electron chi connectivity index (χ1n) is 17.9. The second-order valence-corrected chi connectivity index (χ2v) is 11.9. The van der Waals surface area contributed by atoms with Crippen LogP contribution in [0.3, 0.4) is 0 Å². The summed E-state index contributed by atoms with van der Waals surface area (Å²) in [5.74, 6) is -2.44. The van der Waals surface area contributed by atoms with Crippen LogP contribution in [0, 0.1) is 0 Å². The van der Waals surface area contributed by atoms with Crippen LogP contribution in [0.4, 0.5) is 0 Å². The molecule has 0 radical (unpaired) electrons. The molecule has 0 aliphatic heterocycles. The van der Waals surface area contributed by atoms with Crippen LogP contribution >= 0.6 is 0 Å². The molecule has 0 aliphatic carbocycles. The van der Waals surface area contributed by atoms with Crippen molar-refractivity contribution in [2.45, 2.75) is 161 Å². The Balaban J connectivity index is 4.43. The number of carbonyl (C=O) groups is 4. The summed E-state index contributed by atoms with van der Waals surface area (Å²) < 4.78 is 5.84. The number of aliphatic hydroxyl groups is 1. The highest BCUT2D eigenvalue weighted by molar-refractivity contribution is 5.87. The van der Waals surface area contributed by atoms with Crippen molar-refractivity contribution in [3.8, 4) is 0 Å². The van der Waals surface area contributed by atoms with Gasteiger partial charge in [-0.15, -0.1) is 0 Å². The fourth-order valence-electron chi connectivity index (χ4n) is 4.78. The van der Waals surface area contributed by atoms with Crippen LogP contribution in [0.15, 0.2) is 36.5 Å². The number of hydrogen-bond acceptors (Lipinski definition) is 6. The summed E-state index contributed by atoms with van der Waals surface area (Å²) in [6, 6.07) is -1.39. The Morgan fingerprint density at radius 2 is 1.28 bits per heavy atom. The smallest absolute Gasteiger partial charge is 0.328 e. The highest BCUT2D eigenvalue weighted by Crippen LogP contribution is 2.14. The van der Waals surface area contributed by atoms with Gasteiger partial charge in [0, 0.05) is 12.8 Å². The molecule has 0 heterocycles. The summed E-state index contributed by atoms with van der Waals surface area (Å²) >= 11 is 0. The summed E-state index contributed by atoms with van der Waals surface area (Å²) in [5, 5.41) is 22.4. The molecule has 2 atom stereocenters. The summed E-state index contributed by atoms with van der Waals surface area (Å²) in [4.78, 5) is 47.2. The Morgan fingerprint density at radius 1 is 0.674 bits per heavy atom. The van der Waals surface area contributed by atoms with Crippen molar-refractivity contribution in [3.63, 3.8) is 0 Å². The molecule has 2 unspecified atom stereocenters. The van der Waals surface area contributed by atoms with Crippen LogP contribution in [0.2, 0.25) is 0 Å². The van der Waals surface area contributed by atoms with Crippen LogP contribution < -0.4 is 10.6 Å². The highest BCUT2D eigenvalue weighted by Gasteiger charge is 2.18. The molecule has 0 rings (SSSR count). The minimum absolute atomic E-state index is 0.141. The van der Waals surface area contributed by atoms with Gasteiger partial charge in [-0.25, -0.2) is 4.79 Å². The van der Waals surface area contributed by atoms with Gasteiger partial charge >= 0.3 is 11.9 Å². The Hall–Kier alpha value is -2.94. The van der Waals surface area contributed by atoms with Crippen molar-refractivity contribution >= 4 is 23.8 Å². The van der Waals surface area contributed by atoms with Gasteiger partial charge in [-0.2, -0.15) is 0 Å². The van der Waals surface area contributed by atoms with E-state index in [0.29, 0.717) is 12.8 Å². The number of rotatable bonds is 31. The molecule has 0 bridgehead atoms. The van der Waals surface area contributed by atoms with Crippen molar-refractivity contribution in [3.05, 3.63) is 36.5 Å². The predicted molar refractivity (Wildman–Crippen MR) is 185 cm³/mol. The normalized spacial score (nSPS) is 12.9. The molecule has 0 saturated carbocycles. The molecular weight excluding hydrogens is 584 g/mol. The number of hydrogen-bond donors (Lipinski definition) is 4. The Labute approximate surface area is 278 Å². The van der Waals surface area contributed by atoms with Crippen molar-refractivity contribution in [1.82, 2.24) is 10.6 Å². The number of amides is 2. The van der Waals surface area contributed by atoms with E-state index in [1.807, 2.05) is 6.08 Å². The first kappa shape index (κ1) is 43.1. The molecule has 0 fully saturated rings. The second kappa shape index (κ2) is 32.0. The molecule has 0 aliphatic rings. The zero-order valence-corrected chi connectivity index (χ0v) is 28.8. The van der Waals surface area contributed by atoms with Crippen LogP contribution in [-0.4, -0.2) is 59.3 Å². The number of nitrogens with one attached hydrogen (secondary N) is 2. The van der Waals surface area contributed by atoms with Crippen molar-refractivity contribution < 1.29 is 34.1 Å². The quantitative estimate of drug-likeness (QED) is 0.0347. The lowest BCUT2D eigenvalue weighted by Gasteiger charge is -2.15. The monoisotopic (exact) mass is 648 g/mol. The number of carbonyl (C=O) groups excluding carboxylic acids is 3. The lowest BCUT2D eigenvalue weighted by atomic mass is 10.1. The van der Waals surface area contributed by atoms with E-state index < -0.39 is 24.5 Å². The van der Waals surface area contributed by atoms with E-state index >= 15 is 0 Å². The predicted octanol–water partition coefficient (Wildman–Crippen LogP) is 7.48.